The fourth-order valence-electron chi connectivity index (χ4n) is 3.29. The van der Waals surface area contributed by atoms with Crippen LogP contribution in [0.2, 0.25) is 10.0 Å². The molecule has 1 aliphatic rings. The van der Waals surface area contributed by atoms with Gasteiger partial charge in [0.2, 0.25) is 11.9 Å². The average molecular weight is 415 g/mol. The van der Waals surface area contributed by atoms with E-state index in [1.807, 2.05) is 18.2 Å². The second-order valence-corrected chi connectivity index (χ2v) is 7.33. The van der Waals surface area contributed by atoms with Gasteiger partial charge in [-0.15, -0.1) is 0 Å². The van der Waals surface area contributed by atoms with E-state index in [1.54, 1.807) is 42.1 Å². The maximum Gasteiger partial charge on any atom is 0.252 e. The molecule has 0 fully saturated rings. The minimum atomic E-state index is -0.349. The first kappa shape index (κ1) is 18.5. The van der Waals surface area contributed by atoms with E-state index in [9.17, 15) is 9.59 Å². The number of hydrogen-bond acceptors (Lipinski definition) is 3. The van der Waals surface area contributed by atoms with Crippen molar-refractivity contribution in [3.63, 3.8) is 0 Å². The lowest BCUT2D eigenvalue weighted by atomic mass is 10.0. The van der Waals surface area contributed by atoms with E-state index < -0.39 is 0 Å². The summed E-state index contributed by atoms with van der Waals surface area (Å²) in [5, 5.41) is 6.56. The summed E-state index contributed by atoms with van der Waals surface area (Å²) in [6.45, 7) is 0. The molecule has 0 spiro atoms. The Morgan fingerprint density at radius 1 is 1.21 bits per heavy atom. The number of halogens is 2. The molecule has 0 saturated heterocycles. The van der Waals surface area contributed by atoms with Crippen molar-refractivity contribution in [2.75, 3.05) is 5.32 Å². The molecule has 1 aromatic heterocycles. The average Bonchev–Trinajstić information content (AvgIpc) is 3.18. The molecule has 1 unspecified atom stereocenters. The van der Waals surface area contributed by atoms with Crippen molar-refractivity contribution < 1.29 is 9.59 Å². The van der Waals surface area contributed by atoms with Crippen LogP contribution in [0.3, 0.4) is 0 Å². The fraction of sp³-hybridized carbons (Fsp3) is 0.150. The molecule has 0 bridgehead atoms. The highest BCUT2D eigenvalue weighted by molar-refractivity contribution is 6.42. The molecule has 2 N–H and O–H groups in total. The van der Waals surface area contributed by atoms with Crippen molar-refractivity contribution in [1.82, 2.24) is 14.9 Å². The molecule has 2 aromatic carbocycles. The predicted molar refractivity (Wildman–Crippen MR) is 109 cm³/mol. The number of imidazole rings is 1. The molecule has 6 nitrogen and oxygen atoms in total. The Hall–Kier alpha value is -2.83. The van der Waals surface area contributed by atoms with Gasteiger partial charge in [-0.05, 0) is 23.8 Å². The summed E-state index contributed by atoms with van der Waals surface area (Å²) in [4.78, 5) is 28.8. The third kappa shape index (κ3) is 3.37. The summed E-state index contributed by atoms with van der Waals surface area (Å²) >= 11 is 12.1. The monoisotopic (exact) mass is 414 g/mol. The minimum Gasteiger partial charge on any atom is -0.345 e. The van der Waals surface area contributed by atoms with Gasteiger partial charge in [-0.25, -0.2) is 4.98 Å². The second kappa shape index (κ2) is 7.30. The predicted octanol–water partition coefficient (Wildman–Crippen LogP) is 4.21. The highest BCUT2D eigenvalue weighted by atomic mass is 35.5. The zero-order valence-electron chi connectivity index (χ0n) is 14.9. The lowest BCUT2D eigenvalue weighted by Gasteiger charge is -2.12. The fourth-order valence-corrected chi connectivity index (χ4v) is 3.59. The largest absolute Gasteiger partial charge is 0.345 e. The number of nitrogens with zero attached hydrogens (tertiary/aromatic N) is 2. The van der Waals surface area contributed by atoms with Crippen LogP contribution in [0.25, 0.3) is 11.3 Å². The summed E-state index contributed by atoms with van der Waals surface area (Å²) in [7, 11) is 1.80. The van der Waals surface area contributed by atoms with Crippen LogP contribution >= 0.6 is 23.2 Å². The molecule has 2 amide bonds. The van der Waals surface area contributed by atoms with Gasteiger partial charge in [-0.3, -0.25) is 14.9 Å². The van der Waals surface area contributed by atoms with Crippen molar-refractivity contribution in [3.8, 4) is 11.3 Å². The number of amides is 2. The number of fused-ring (bicyclic) bond motifs is 1. The van der Waals surface area contributed by atoms with Gasteiger partial charge in [0.05, 0.1) is 34.4 Å². The molecular weight excluding hydrogens is 399 g/mol. The second-order valence-electron chi connectivity index (χ2n) is 6.52. The summed E-state index contributed by atoms with van der Waals surface area (Å²) in [5.74, 6) is 0.00682. The maximum atomic E-state index is 12.5. The smallest absolute Gasteiger partial charge is 0.252 e. The topological polar surface area (TPSA) is 76.0 Å². The third-order valence-electron chi connectivity index (χ3n) is 4.73. The van der Waals surface area contributed by atoms with Crippen LogP contribution in [0, 0.1) is 0 Å². The number of aromatic nitrogens is 2. The molecule has 4 rings (SSSR count). The molecule has 0 aliphatic carbocycles. The Kier molecular flexibility index (Phi) is 4.83. The van der Waals surface area contributed by atoms with Crippen LogP contribution in [-0.4, -0.2) is 21.4 Å². The number of carbonyl (C=O) groups excluding carboxylic acids is 2. The molecule has 2 heterocycles. The Bertz CT molecular complexity index is 1090. The van der Waals surface area contributed by atoms with Crippen molar-refractivity contribution in [2.45, 2.75) is 12.5 Å². The zero-order chi connectivity index (χ0) is 19.8. The third-order valence-corrected chi connectivity index (χ3v) is 5.47. The summed E-state index contributed by atoms with van der Waals surface area (Å²) < 4.78 is 1.76. The van der Waals surface area contributed by atoms with Crippen molar-refractivity contribution >= 4 is 41.0 Å². The van der Waals surface area contributed by atoms with Gasteiger partial charge in [0, 0.05) is 18.2 Å². The number of carbonyl (C=O) groups is 2. The van der Waals surface area contributed by atoms with Gasteiger partial charge < -0.3 is 9.88 Å². The zero-order valence-corrected chi connectivity index (χ0v) is 16.4. The van der Waals surface area contributed by atoms with Crippen LogP contribution in [0.15, 0.2) is 48.7 Å². The first-order valence-corrected chi connectivity index (χ1v) is 9.36. The molecule has 0 saturated carbocycles. The van der Waals surface area contributed by atoms with Crippen LogP contribution in [-0.2, 0) is 11.8 Å². The Balaban J connectivity index is 1.50. The molecule has 28 heavy (non-hydrogen) atoms. The van der Waals surface area contributed by atoms with Crippen molar-refractivity contribution in [3.05, 3.63) is 69.8 Å². The van der Waals surface area contributed by atoms with E-state index in [-0.39, 0.29) is 24.3 Å². The SMILES string of the molecule is Cn1c(-c2ccc(Cl)c(Cl)c2)cnc1NC(=O)CC1NC(=O)c2ccccc21. The van der Waals surface area contributed by atoms with E-state index in [4.69, 9.17) is 23.2 Å². The van der Waals surface area contributed by atoms with Crippen molar-refractivity contribution in [1.29, 1.82) is 0 Å². The minimum absolute atomic E-state index is 0.123. The number of hydrogen-bond donors (Lipinski definition) is 2. The Morgan fingerprint density at radius 2 is 2.00 bits per heavy atom. The van der Waals surface area contributed by atoms with Gasteiger partial charge in [0.15, 0.2) is 0 Å². The first-order chi connectivity index (χ1) is 13.4. The standard InChI is InChI=1S/C20H16Cl2N4O2/c1-26-17(11-6-7-14(21)15(22)8-11)10-23-20(26)25-18(27)9-16-12-4-2-3-5-13(12)19(28)24-16/h2-8,10,16H,9H2,1H3,(H,24,28)(H,23,25,27). The van der Waals surface area contributed by atoms with Gasteiger partial charge in [0.25, 0.3) is 5.91 Å². The van der Waals surface area contributed by atoms with E-state index >= 15 is 0 Å². The summed E-state index contributed by atoms with van der Waals surface area (Å²) in [6, 6.07) is 12.2. The van der Waals surface area contributed by atoms with Gasteiger partial charge >= 0.3 is 0 Å². The number of nitrogens with one attached hydrogen (secondary N) is 2. The quantitative estimate of drug-likeness (QED) is 0.671. The molecule has 1 atom stereocenters. The molecule has 0 radical (unpaired) electrons. The first-order valence-electron chi connectivity index (χ1n) is 8.61. The molecular formula is C20H16Cl2N4O2. The van der Waals surface area contributed by atoms with Gasteiger partial charge in [-0.1, -0.05) is 47.5 Å². The maximum absolute atomic E-state index is 12.5. The van der Waals surface area contributed by atoms with E-state index in [0.717, 1.165) is 16.8 Å². The Labute approximate surface area is 171 Å². The van der Waals surface area contributed by atoms with Crippen LogP contribution < -0.4 is 10.6 Å². The van der Waals surface area contributed by atoms with E-state index in [0.29, 0.717) is 21.6 Å². The van der Waals surface area contributed by atoms with Crippen LogP contribution in [0.1, 0.15) is 28.4 Å². The molecule has 142 valence electrons. The molecule has 1 aliphatic heterocycles. The number of benzene rings is 2. The van der Waals surface area contributed by atoms with E-state index in [2.05, 4.69) is 15.6 Å². The van der Waals surface area contributed by atoms with Crippen LogP contribution in [0.4, 0.5) is 5.95 Å². The van der Waals surface area contributed by atoms with Gasteiger partial charge in [0.1, 0.15) is 0 Å². The number of anilines is 1. The molecule has 8 heteroatoms. The number of rotatable bonds is 4. The highest BCUT2D eigenvalue weighted by Gasteiger charge is 2.29. The van der Waals surface area contributed by atoms with Gasteiger partial charge in [-0.2, -0.15) is 0 Å². The lowest BCUT2D eigenvalue weighted by Crippen LogP contribution is -2.25. The molecule has 3 aromatic rings. The van der Waals surface area contributed by atoms with Crippen molar-refractivity contribution in [2.24, 2.45) is 7.05 Å². The normalized spacial score (nSPS) is 15.2. The summed E-state index contributed by atoms with van der Waals surface area (Å²) in [5.41, 5.74) is 3.06. The Morgan fingerprint density at radius 3 is 2.79 bits per heavy atom. The summed E-state index contributed by atoms with van der Waals surface area (Å²) in [6.07, 6.45) is 1.78. The lowest BCUT2D eigenvalue weighted by molar-refractivity contribution is -0.116. The van der Waals surface area contributed by atoms with Crippen LogP contribution in [0.5, 0.6) is 0 Å². The van der Waals surface area contributed by atoms with E-state index in [1.165, 1.54) is 0 Å². The highest BCUT2D eigenvalue weighted by Crippen LogP contribution is 2.30.